The van der Waals surface area contributed by atoms with Crippen LogP contribution in [0.1, 0.15) is 78.6 Å². The van der Waals surface area contributed by atoms with E-state index in [0.29, 0.717) is 17.3 Å². The van der Waals surface area contributed by atoms with E-state index in [-0.39, 0.29) is 5.41 Å². The maximum absolute atomic E-state index is 12.1. The number of fused-ring (bicyclic) bond motifs is 5. The van der Waals surface area contributed by atoms with E-state index in [1.54, 1.807) is 0 Å². The van der Waals surface area contributed by atoms with Gasteiger partial charge in [-0.15, -0.1) is 0 Å². The summed E-state index contributed by atoms with van der Waals surface area (Å²) in [4.78, 5) is 0. The van der Waals surface area contributed by atoms with Crippen LogP contribution in [0.15, 0.2) is 12.2 Å². The van der Waals surface area contributed by atoms with Crippen molar-refractivity contribution >= 4 is 0 Å². The smallest absolute Gasteiger partial charge is 0.0734 e. The molecule has 1 aliphatic heterocycles. The molecule has 0 bridgehead atoms. The second-order valence-electron chi connectivity index (χ2n) is 11.7. The van der Waals surface area contributed by atoms with E-state index in [1.165, 1.54) is 51.4 Å². The van der Waals surface area contributed by atoms with Gasteiger partial charge < -0.3 is 10.4 Å². The van der Waals surface area contributed by atoms with Crippen LogP contribution in [0, 0.1) is 46.3 Å². The Morgan fingerprint density at radius 1 is 0.926 bits per heavy atom. The second kappa shape index (κ2) is 6.33. The fourth-order valence-electron chi connectivity index (χ4n) is 8.64. The minimum atomic E-state index is -0.453. The predicted octanol–water partition coefficient (Wildman–Crippen LogP) is 5.17. The Balaban J connectivity index is 1.39. The van der Waals surface area contributed by atoms with Gasteiger partial charge >= 0.3 is 0 Å². The summed E-state index contributed by atoms with van der Waals surface area (Å²) in [7, 11) is 0. The number of hydrogen-bond acceptors (Lipinski definition) is 2. The molecule has 2 nitrogen and oxygen atoms in total. The van der Waals surface area contributed by atoms with E-state index >= 15 is 0 Å². The molecule has 4 aliphatic carbocycles. The zero-order valence-corrected chi connectivity index (χ0v) is 17.8. The highest BCUT2D eigenvalue weighted by atomic mass is 16.3. The lowest BCUT2D eigenvalue weighted by atomic mass is 9.41. The summed E-state index contributed by atoms with van der Waals surface area (Å²) in [5.41, 5.74) is 0.302. The third-order valence-electron chi connectivity index (χ3n) is 10.5. The maximum Gasteiger partial charge on any atom is 0.0734 e. The molecule has 1 heterocycles. The Morgan fingerprint density at radius 3 is 2.44 bits per heavy atom. The molecule has 5 rings (SSSR count). The normalized spacial score (nSPS) is 55.6. The molecule has 0 unspecified atom stereocenters. The lowest BCUT2D eigenvalue weighted by molar-refractivity contribution is -0.234. The van der Waals surface area contributed by atoms with Gasteiger partial charge in [-0.25, -0.2) is 0 Å². The first kappa shape index (κ1) is 18.7. The van der Waals surface area contributed by atoms with Crippen molar-refractivity contribution in [3.8, 4) is 0 Å². The van der Waals surface area contributed by atoms with E-state index in [0.717, 1.165) is 43.2 Å². The molecule has 0 amide bonds. The molecular weight excluding hydrogens is 330 g/mol. The highest BCUT2D eigenvalue weighted by Gasteiger charge is 2.65. The van der Waals surface area contributed by atoms with Crippen molar-refractivity contribution in [2.45, 2.75) is 84.2 Å². The minimum Gasteiger partial charge on any atom is -0.389 e. The van der Waals surface area contributed by atoms with Gasteiger partial charge in [-0.1, -0.05) is 39.3 Å². The molecule has 2 heteroatoms. The molecule has 27 heavy (non-hydrogen) atoms. The molecule has 0 aromatic carbocycles. The Hall–Kier alpha value is -0.340. The fourth-order valence-corrected chi connectivity index (χ4v) is 8.64. The monoisotopic (exact) mass is 371 g/mol. The van der Waals surface area contributed by atoms with Crippen molar-refractivity contribution in [1.82, 2.24) is 5.32 Å². The van der Waals surface area contributed by atoms with Crippen LogP contribution in [0.4, 0.5) is 0 Å². The van der Waals surface area contributed by atoms with Gasteiger partial charge in [0.2, 0.25) is 0 Å². The van der Waals surface area contributed by atoms with Crippen LogP contribution >= 0.6 is 0 Å². The average Bonchev–Trinajstić information content (AvgIpc) is 2.98. The summed E-state index contributed by atoms with van der Waals surface area (Å²) in [6.45, 7) is 9.76. The molecular formula is C25H41NO. The lowest BCUT2D eigenvalue weighted by Crippen LogP contribution is -2.65. The lowest BCUT2D eigenvalue weighted by Gasteiger charge is -2.66. The predicted molar refractivity (Wildman–Crippen MR) is 111 cm³/mol. The Morgan fingerprint density at radius 2 is 1.70 bits per heavy atom. The summed E-state index contributed by atoms with van der Waals surface area (Å²) in [5.74, 6) is 4.34. The van der Waals surface area contributed by atoms with Gasteiger partial charge in [-0.3, -0.25) is 0 Å². The van der Waals surface area contributed by atoms with Crippen molar-refractivity contribution in [3.05, 3.63) is 12.2 Å². The molecule has 8 atom stereocenters. The van der Waals surface area contributed by atoms with Crippen LogP contribution in [-0.2, 0) is 0 Å². The first-order valence-corrected chi connectivity index (χ1v) is 12.0. The van der Waals surface area contributed by atoms with Gasteiger partial charge in [0, 0.05) is 19.0 Å². The van der Waals surface area contributed by atoms with E-state index < -0.39 is 5.60 Å². The summed E-state index contributed by atoms with van der Waals surface area (Å²) in [5, 5.41) is 15.5. The van der Waals surface area contributed by atoms with Gasteiger partial charge in [-0.05, 0) is 91.8 Å². The van der Waals surface area contributed by atoms with Crippen molar-refractivity contribution < 1.29 is 5.11 Å². The van der Waals surface area contributed by atoms with Crippen molar-refractivity contribution in [3.63, 3.8) is 0 Å². The molecule has 152 valence electrons. The van der Waals surface area contributed by atoms with Crippen LogP contribution in [-0.4, -0.2) is 23.8 Å². The van der Waals surface area contributed by atoms with Gasteiger partial charge in [0.25, 0.3) is 0 Å². The highest BCUT2D eigenvalue weighted by Crippen LogP contribution is 2.68. The molecule has 0 radical (unpaired) electrons. The Bertz CT molecular complexity index is 611. The summed E-state index contributed by atoms with van der Waals surface area (Å²) in [6, 6.07) is 0. The quantitative estimate of drug-likeness (QED) is 0.656. The maximum atomic E-state index is 12.1. The van der Waals surface area contributed by atoms with Crippen LogP contribution < -0.4 is 5.32 Å². The number of rotatable bonds is 2. The molecule has 1 saturated heterocycles. The second-order valence-corrected chi connectivity index (χ2v) is 11.7. The van der Waals surface area contributed by atoms with E-state index in [2.05, 4.69) is 38.2 Å². The molecule has 0 spiro atoms. The molecule has 4 saturated carbocycles. The Kier molecular flexibility index (Phi) is 4.38. The third-order valence-corrected chi connectivity index (χ3v) is 10.5. The fraction of sp³-hybridized carbons (Fsp3) is 0.920. The summed E-state index contributed by atoms with van der Waals surface area (Å²) < 4.78 is 0. The van der Waals surface area contributed by atoms with Gasteiger partial charge in [-0.2, -0.15) is 0 Å². The van der Waals surface area contributed by atoms with Crippen LogP contribution in [0.5, 0.6) is 0 Å². The zero-order chi connectivity index (χ0) is 18.9. The molecule has 0 aromatic rings. The summed E-state index contributed by atoms with van der Waals surface area (Å²) >= 11 is 0. The van der Waals surface area contributed by atoms with Crippen LogP contribution in [0.25, 0.3) is 0 Å². The zero-order valence-electron chi connectivity index (χ0n) is 17.8. The topological polar surface area (TPSA) is 32.3 Å². The van der Waals surface area contributed by atoms with Crippen molar-refractivity contribution in [1.29, 1.82) is 0 Å². The number of allylic oxidation sites excluding steroid dienone is 1. The van der Waals surface area contributed by atoms with Gasteiger partial charge in [0.05, 0.1) is 5.60 Å². The standard InChI is InChI=1S/C25H41NO/c1-17-13-20-21-5-4-10-23(21,2)11-9-22(20)24(3)12-8-18(14-25(17,24)27)6-7-19-15-26-16-19/h6-7,17-22,26-27H,4-5,8-16H2,1-3H3/b7-6-/t17-,18+,20-,21-,22-,23-,24+,25-/m0/s1. The van der Waals surface area contributed by atoms with Gasteiger partial charge in [0.1, 0.15) is 0 Å². The molecule has 5 aliphatic rings. The first-order valence-electron chi connectivity index (χ1n) is 12.0. The summed E-state index contributed by atoms with van der Waals surface area (Å²) in [6.07, 6.45) is 16.9. The van der Waals surface area contributed by atoms with E-state index in [4.69, 9.17) is 0 Å². The number of aliphatic hydroxyl groups is 1. The first-order chi connectivity index (χ1) is 12.9. The molecule has 5 fully saturated rings. The van der Waals surface area contributed by atoms with Crippen molar-refractivity contribution in [2.75, 3.05) is 13.1 Å². The average molecular weight is 372 g/mol. The largest absolute Gasteiger partial charge is 0.389 e. The van der Waals surface area contributed by atoms with Gasteiger partial charge in [0.15, 0.2) is 0 Å². The minimum absolute atomic E-state index is 0.140. The van der Waals surface area contributed by atoms with E-state index in [9.17, 15) is 5.11 Å². The third kappa shape index (κ3) is 2.65. The van der Waals surface area contributed by atoms with Crippen molar-refractivity contribution in [2.24, 2.45) is 46.3 Å². The highest BCUT2D eigenvalue weighted by molar-refractivity contribution is 5.16. The SMILES string of the molecule is C[C@H]1C[C@H]2[C@@H]3CCC[C@@]3(C)CC[C@@H]2[C@@]2(C)CC[C@@H](/C=C\C3CNC3)C[C@]12O. The molecule has 0 aromatic heterocycles. The Labute approximate surface area is 166 Å². The number of nitrogens with one attached hydrogen (secondary N) is 1. The van der Waals surface area contributed by atoms with Crippen LogP contribution in [0.3, 0.4) is 0 Å². The molecule has 2 N–H and O–H groups in total. The number of hydrogen-bond donors (Lipinski definition) is 2. The van der Waals surface area contributed by atoms with E-state index in [1.807, 2.05) is 0 Å². The van der Waals surface area contributed by atoms with Crippen LogP contribution in [0.2, 0.25) is 0 Å².